The molecular weight excluding hydrogens is 382 g/mol. The van der Waals surface area contributed by atoms with E-state index in [9.17, 15) is 9.59 Å². The van der Waals surface area contributed by atoms with Crippen molar-refractivity contribution in [3.63, 3.8) is 0 Å². The molecule has 0 bridgehead atoms. The zero-order valence-electron chi connectivity index (χ0n) is 15.9. The number of aromatic nitrogens is 4. The standard InChI is InChI=1S/C18H21N5O4S/c1-4-6-10-7-12(24)23-18(20-10)28-8-11-21-15(19)14-13(17(25)26-5-2)9(3)27-16(14)22-11/h7H,4-6,8H2,1-3H3,(H2,19,21,22)(H,20,23,24). The van der Waals surface area contributed by atoms with Gasteiger partial charge in [0.25, 0.3) is 5.56 Å². The molecule has 0 aliphatic rings. The van der Waals surface area contributed by atoms with Crippen LogP contribution in [-0.4, -0.2) is 32.5 Å². The van der Waals surface area contributed by atoms with Gasteiger partial charge in [-0.2, -0.15) is 4.98 Å². The fraction of sp³-hybridized carbons (Fsp3) is 0.389. The molecule has 0 atom stereocenters. The van der Waals surface area contributed by atoms with E-state index in [4.69, 9.17) is 14.9 Å². The second kappa shape index (κ2) is 8.42. The van der Waals surface area contributed by atoms with Crippen molar-refractivity contribution in [3.8, 4) is 0 Å². The van der Waals surface area contributed by atoms with E-state index in [-0.39, 0.29) is 29.3 Å². The van der Waals surface area contributed by atoms with Gasteiger partial charge in [-0.3, -0.25) is 4.79 Å². The number of fused-ring (bicyclic) bond motifs is 1. The summed E-state index contributed by atoms with van der Waals surface area (Å²) < 4.78 is 10.6. The number of nitrogens with zero attached hydrogens (tertiary/aromatic N) is 3. The molecule has 3 N–H and O–H groups in total. The molecule has 0 aliphatic heterocycles. The minimum atomic E-state index is -0.523. The Bertz CT molecular complexity index is 1080. The van der Waals surface area contributed by atoms with Crippen LogP contribution < -0.4 is 11.3 Å². The van der Waals surface area contributed by atoms with Crippen LogP contribution in [0.5, 0.6) is 0 Å². The Morgan fingerprint density at radius 1 is 1.32 bits per heavy atom. The fourth-order valence-corrected chi connectivity index (χ4v) is 3.52. The monoisotopic (exact) mass is 403 g/mol. The molecule has 0 radical (unpaired) electrons. The molecule has 148 valence electrons. The molecule has 0 saturated heterocycles. The predicted molar refractivity (Wildman–Crippen MR) is 105 cm³/mol. The summed E-state index contributed by atoms with van der Waals surface area (Å²) in [6, 6.07) is 1.50. The van der Waals surface area contributed by atoms with E-state index in [1.54, 1.807) is 13.8 Å². The summed E-state index contributed by atoms with van der Waals surface area (Å²) in [6.07, 6.45) is 1.63. The van der Waals surface area contributed by atoms with Gasteiger partial charge in [-0.15, -0.1) is 0 Å². The lowest BCUT2D eigenvalue weighted by Gasteiger charge is -2.05. The highest BCUT2D eigenvalue weighted by atomic mass is 32.2. The number of hydrogen-bond donors (Lipinski definition) is 2. The number of hydrogen-bond acceptors (Lipinski definition) is 9. The molecule has 0 aliphatic carbocycles. The number of nitrogens with two attached hydrogens (primary N) is 1. The largest absolute Gasteiger partial charge is 0.462 e. The van der Waals surface area contributed by atoms with Crippen molar-refractivity contribution < 1.29 is 13.9 Å². The Morgan fingerprint density at radius 2 is 2.11 bits per heavy atom. The highest BCUT2D eigenvalue weighted by molar-refractivity contribution is 7.98. The molecular formula is C18H21N5O4S. The molecule has 28 heavy (non-hydrogen) atoms. The summed E-state index contributed by atoms with van der Waals surface area (Å²) in [5, 5.41) is 0.835. The molecule has 0 amide bonds. The lowest BCUT2D eigenvalue weighted by atomic mass is 10.2. The van der Waals surface area contributed by atoms with Crippen LogP contribution in [0, 0.1) is 6.92 Å². The number of ether oxygens (including phenoxy) is 1. The maximum atomic E-state index is 12.2. The van der Waals surface area contributed by atoms with Crippen LogP contribution in [0.4, 0.5) is 5.82 Å². The number of aromatic amines is 1. The van der Waals surface area contributed by atoms with Crippen LogP contribution in [-0.2, 0) is 16.9 Å². The summed E-state index contributed by atoms with van der Waals surface area (Å²) in [5.41, 5.74) is 7.07. The molecule has 0 saturated carbocycles. The molecule has 0 spiro atoms. The van der Waals surface area contributed by atoms with E-state index < -0.39 is 5.97 Å². The van der Waals surface area contributed by atoms with Crippen molar-refractivity contribution in [2.45, 2.75) is 44.5 Å². The predicted octanol–water partition coefficient (Wildman–Crippen LogP) is 2.62. The first-order valence-corrected chi connectivity index (χ1v) is 9.87. The fourth-order valence-electron chi connectivity index (χ4n) is 2.77. The molecule has 3 aromatic heterocycles. The van der Waals surface area contributed by atoms with Gasteiger partial charge in [0.1, 0.15) is 23.0 Å². The number of nitrogen functional groups attached to an aromatic ring is 1. The van der Waals surface area contributed by atoms with E-state index in [0.29, 0.717) is 27.9 Å². The first kappa shape index (κ1) is 19.9. The molecule has 10 heteroatoms. The van der Waals surface area contributed by atoms with Crippen molar-refractivity contribution >= 4 is 34.6 Å². The molecule has 0 fully saturated rings. The first-order chi connectivity index (χ1) is 13.4. The average Bonchev–Trinajstić information content (AvgIpc) is 2.96. The molecule has 3 aromatic rings. The van der Waals surface area contributed by atoms with E-state index in [1.807, 2.05) is 6.92 Å². The molecule has 0 unspecified atom stereocenters. The SMILES string of the molecule is CCCc1cc(=O)[nH]c(SCc2nc(N)c3c(C(=O)OCC)c(C)oc3n2)n1. The topological polar surface area (TPSA) is 137 Å². The second-order valence-corrected chi connectivity index (χ2v) is 7.00. The third kappa shape index (κ3) is 4.16. The normalized spacial score (nSPS) is 11.1. The second-order valence-electron chi connectivity index (χ2n) is 6.04. The van der Waals surface area contributed by atoms with Gasteiger partial charge in [0.05, 0.1) is 17.7 Å². The Kier molecular flexibility index (Phi) is 5.98. The number of thioether (sulfide) groups is 1. The summed E-state index contributed by atoms with van der Waals surface area (Å²) in [4.78, 5) is 39.7. The maximum absolute atomic E-state index is 12.2. The van der Waals surface area contributed by atoms with E-state index in [2.05, 4.69) is 19.9 Å². The van der Waals surface area contributed by atoms with Crippen molar-refractivity contribution in [2.24, 2.45) is 0 Å². The van der Waals surface area contributed by atoms with Crippen molar-refractivity contribution in [2.75, 3.05) is 12.3 Å². The number of carbonyl (C=O) groups excluding carboxylic acids is 1. The van der Waals surface area contributed by atoms with Gasteiger partial charge in [-0.25, -0.2) is 14.8 Å². The summed E-state index contributed by atoms with van der Waals surface area (Å²) in [6.45, 7) is 5.63. The number of carbonyl (C=O) groups is 1. The van der Waals surface area contributed by atoms with Gasteiger partial charge in [-0.1, -0.05) is 25.1 Å². The first-order valence-electron chi connectivity index (χ1n) is 8.88. The molecule has 9 nitrogen and oxygen atoms in total. The highest BCUT2D eigenvalue weighted by Gasteiger charge is 2.23. The molecule has 3 rings (SSSR count). The maximum Gasteiger partial charge on any atom is 0.342 e. The summed E-state index contributed by atoms with van der Waals surface area (Å²) in [5.74, 6) is 0.722. The van der Waals surface area contributed by atoms with Crippen LogP contribution >= 0.6 is 11.8 Å². The number of H-pyrrole nitrogens is 1. The third-order valence-corrected chi connectivity index (χ3v) is 4.77. The smallest absolute Gasteiger partial charge is 0.342 e. The van der Waals surface area contributed by atoms with Gasteiger partial charge >= 0.3 is 5.97 Å². The third-order valence-electron chi connectivity index (χ3n) is 3.90. The van der Waals surface area contributed by atoms with E-state index in [1.165, 1.54) is 17.8 Å². The quantitative estimate of drug-likeness (QED) is 0.346. The number of furan rings is 1. The zero-order chi connectivity index (χ0) is 20.3. The Hall–Kier alpha value is -2.88. The van der Waals surface area contributed by atoms with Gasteiger partial charge in [-0.05, 0) is 20.3 Å². The van der Waals surface area contributed by atoms with E-state index >= 15 is 0 Å². The lowest BCUT2D eigenvalue weighted by molar-refractivity contribution is 0.0526. The van der Waals surface area contributed by atoms with Crippen LogP contribution in [0.1, 0.15) is 47.9 Å². The van der Waals surface area contributed by atoms with Crippen molar-refractivity contribution in [1.29, 1.82) is 0 Å². The Morgan fingerprint density at radius 3 is 2.82 bits per heavy atom. The number of anilines is 1. The zero-order valence-corrected chi connectivity index (χ0v) is 16.7. The van der Waals surface area contributed by atoms with Crippen LogP contribution in [0.2, 0.25) is 0 Å². The summed E-state index contributed by atoms with van der Waals surface area (Å²) in [7, 11) is 0. The van der Waals surface area contributed by atoms with E-state index in [0.717, 1.165) is 18.5 Å². The van der Waals surface area contributed by atoms with Crippen LogP contribution in [0.15, 0.2) is 20.4 Å². The van der Waals surface area contributed by atoms with Crippen LogP contribution in [0.25, 0.3) is 11.1 Å². The lowest BCUT2D eigenvalue weighted by Crippen LogP contribution is -2.10. The van der Waals surface area contributed by atoms with Crippen molar-refractivity contribution in [1.82, 2.24) is 19.9 Å². The number of esters is 1. The molecule has 3 heterocycles. The number of rotatable bonds is 7. The average molecular weight is 403 g/mol. The number of aryl methyl sites for hydroxylation is 2. The van der Waals surface area contributed by atoms with Gasteiger partial charge < -0.3 is 19.9 Å². The molecule has 0 aromatic carbocycles. The van der Waals surface area contributed by atoms with Gasteiger partial charge in [0, 0.05) is 11.8 Å². The Balaban J connectivity index is 1.87. The highest BCUT2D eigenvalue weighted by Crippen LogP contribution is 2.30. The minimum Gasteiger partial charge on any atom is -0.462 e. The minimum absolute atomic E-state index is 0.140. The van der Waals surface area contributed by atoms with Gasteiger partial charge in [0.15, 0.2) is 5.16 Å². The number of nitrogens with one attached hydrogen (secondary N) is 1. The van der Waals surface area contributed by atoms with Gasteiger partial charge in [0.2, 0.25) is 5.71 Å². The van der Waals surface area contributed by atoms with Crippen LogP contribution in [0.3, 0.4) is 0 Å². The Labute approximate surface area is 165 Å². The summed E-state index contributed by atoms with van der Waals surface area (Å²) >= 11 is 1.29. The van der Waals surface area contributed by atoms with Crippen molar-refractivity contribution in [3.05, 3.63) is 39.3 Å².